The van der Waals surface area contributed by atoms with Crippen LogP contribution in [-0.4, -0.2) is 19.0 Å². The minimum atomic E-state index is -1.26. The minimum Gasteiger partial charge on any atom is -0.548 e. The molecule has 6 heteroatoms. The largest absolute Gasteiger partial charge is 1.00 e. The summed E-state index contributed by atoms with van der Waals surface area (Å²) in [6.07, 6.45) is 1.18. The zero-order chi connectivity index (χ0) is 13.5. The molecule has 0 aliphatic rings. The smallest absolute Gasteiger partial charge is 0.548 e. The number of carboxylic acids is 1. The van der Waals surface area contributed by atoms with Gasteiger partial charge in [-0.05, 0) is 12.5 Å². The number of carboxylic acid groups (broad SMARTS) is 1. The van der Waals surface area contributed by atoms with Crippen molar-refractivity contribution in [3.8, 4) is 0 Å². The molecule has 0 bridgehead atoms. The van der Waals surface area contributed by atoms with Crippen molar-refractivity contribution in [2.45, 2.75) is 13.0 Å². The Kier molecular flexibility index (Phi) is 8.95. The van der Waals surface area contributed by atoms with Crippen molar-refractivity contribution in [2.75, 3.05) is 7.11 Å². The molecule has 0 radical (unpaired) electrons. The number of esters is 1. The van der Waals surface area contributed by atoms with Crippen molar-refractivity contribution in [1.29, 1.82) is 0 Å². The maximum atomic E-state index is 11.1. The average Bonchev–Trinajstić information content (AvgIpc) is 2.36. The summed E-state index contributed by atoms with van der Waals surface area (Å²) in [7, 11) is 1.25. The normalized spacial score (nSPS) is 12.0. The molecular weight excluding hydrogens is 273 g/mol. The topological polar surface area (TPSA) is 78.5 Å². The number of carbonyl (C=O) groups is 2. The second kappa shape index (κ2) is 9.27. The summed E-state index contributed by atoms with van der Waals surface area (Å²) in [4.78, 5) is 22.1. The van der Waals surface area contributed by atoms with E-state index in [4.69, 9.17) is 0 Å². The summed E-state index contributed by atoms with van der Waals surface area (Å²) in [5.74, 6) is -1.82. The average molecular weight is 287 g/mol. The first-order valence-electron chi connectivity index (χ1n) is 5.33. The second-order valence-electron chi connectivity index (χ2n) is 3.66. The van der Waals surface area contributed by atoms with Crippen LogP contribution in [0.15, 0.2) is 42.1 Å². The van der Waals surface area contributed by atoms with Crippen LogP contribution >= 0.6 is 0 Å². The van der Waals surface area contributed by atoms with E-state index in [9.17, 15) is 14.7 Å². The number of hydrogen-bond donors (Lipinski definition) is 1. The third-order valence-electron chi connectivity index (χ3n) is 2.28. The van der Waals surface area contributed by atoms with E-state index < -0.39 is 18.0 Å². The van der Waals surface area contributed by atoms with Crippen LogP contribution in [0.4, 0.5) is 0 Å². The molecule has 96 valence electrons. The van der Waals surface area contributed by atoms with E-state index >= 15 is 0 Å². The van der Waals surface area contributed by atoms with Crippen LogP contribution in [0.1, 0.15) is 18.5 Å². The quantitative estimate of drug-likeness (QED) is 0.358. The van der Waals surface area contributed by atoms with Gasteiger partial charge in [-0.15, -0.1) is 0 Å². The molecule has 0 unspecified atom stereocenters. The van der Waals surface area contributed by atoms with Gasteiger partial charge in [-0.25, -0.2) is 4.79 Å². The van der Waals surface area contributed by atoms with Crippen LogP contribution in [0.5, 0.6) is 0 Å². The Labute approximate surface area is 154 Å². The molecule has 0 amide bonds. The number of hydrogen-bond acceptors (Lipinski definition) is 5. The summed E-state index contributed by atoms with van der Waals surface area (Å²) in [5, 5.41) is 13.8. The van der Waals surface area contributed by atoms with E-state index in [-0.39, 0.29) is 51.4 Å². The Balaban J connectivity index is 0.00000324. The summed E-state index contributed by atoms with van der Waals surface area (Å²) >= 11 is 0. The summed E-state index contributed by atoms with van der Waals surface area (Å²) in [6.45, 7) is 1.58. The van der Waals surface area contributed by atoms with Gasteiger partial charge in [0, 0.05) is 11.8 Å². The molecule has 0 aliphatic carbocycles. The molecule has 1 N–H and O–H groups in total. The van der Waals surface area contributed by atoms with Gasteiger partial charge in [0.05, 0.1) is 19.1 Å². The van der Waals surface area contributed by atoms with Gasteiger partial charge in [-0.1, -0.05) is 30.3 Å². The first-order chi connectivity index (χ1) is 8.54. The number of aliphatic carboxylic acids is 1. The Morgan fingerprint density at radius 1 is 1.32 bits per heavy atom. The first kappa shape index (κ1) is 18.3. The number of carbonyl (C=O) groups excluding carboxylic acids is 2. The second-order valence-corrected chi connectivity index (χ2v) is 3.66. The number of benzene rings is 1. The van der Waals surface area contributed by atoms with Gasteiger partial charge in [0.15, 0.2) is 0 Å². The predicted molar refractivity (Wildman–Crippen MR) is 63.1 cm³/mol. The van der Waals surface area contributed by atoms with Crippen molar-refractivity contribution < 1.29 is 70.8 Å². The Morgan fingerprint density at radius 3 is 2.37 bits per heavy atom. The fraction of sp³-hybridized carbons (Fsp3) is 0.231. The molecule has 0 aromatic heterocycles. The van der Waals surface area contributed by atoms with Gasteiger partial charge in [0.1, 0.15) is 0 Å². The molecule has 0 heterocycles. The first-order valence-corrected chi connectivity index (χ1v) is 5.33. The maximum Gasteiger partial charge on any atom is 1.00 e. The molecule has 1 aromatic carbocycles. The molecule has 0 saturated carbocycles. The van der Waals surface area contributed by atoms with Gasteiger partial charge in [-0.2, -0.15) is 0 Å². The Bertz CT molecular complexity index is 459. The molecule has 0 fully saturated rings. The fourth-order valence-electron chi connectivity index (χ4n) is 1.43. The van der Waals surface area contributed by atoms with E-state index in [0.717, 1.165) is 0 Å². The van der Waals surface area contributed by atoms with Crippen LogP contribution in [0.25, 0.3) is 0 Å². The number of methoxy groups -OCH3 is 1. The van der Waals surface area contributed by atoms with Crippen LogP contribution in [0.3, 0.4) is 0 Å². The standard InChI is InChI=1S/C13H15NO4.K/c1-9(8-11(15)18-2)14-12(13(16)17)10-6-4-3-5-7-10;/h3-8,12,14H,1-2H3,(H,16,17);/q;+1/p-1/b9-8+;/t12-;/m0./s1. The van der Waals surface area contributed by atoms with Gasteiger partial charge >= 0.3 is 57.4 Å². The van der Waals surface area contributed by atoms with E-state index in [1.54, 1.807) is 37.3 Å². The summed E-state index contributed by atoms with van der Waals surface area (Å²) in [6, 6.07) is 7.57. The zero-order valence-corrected chi connectivity index (χ0v) is 14.3. The number of ether oxygens (including phenoxy) is 1. The van der Waals surface area contributed by atoms with Crippen molar-refractivity contribution in [3.05, 3.63) is 47.7 Å². The number of allylic oxidation sites excluding steroid dienone is 1. The fourth-order valence-corrected chi connectivity index (χ4v) is 1.43. The van der Waals surface area contributed by atoms with Crippen molar-refractivity contribution in [1.82, 2.24) is 5.32 Å². The monoisotopic (exact) mass is 287 g/mol. The Morgan fingerprint density at radius 2 is 1.89 bits per heavy atom. The van der Waals surface area contributed by atoms with Gasteiger partial charge in [-0.3, -0.25) is 0 Å². The van der Waals surface area contributed by atoms with Gasteiger partial charge in [0.2, 0.25) is 0 Å². The van der Waals surface area contributed by atoms with Crippen molar-refractivity contribution in [3.63, 3.8) is 0 Å². The molecule has 1 aromatic rings. The molecule has 0 saturated heterocycles. The Hall–Kier alpha value is -0.664. The van der Waals surface area contributed by atoms with E-state index in [0.29, 0.717) is 11.3 Å². The summed E-state index contributed by atoms with van der Waals surface area (Å²) in [5.41, 5.74) is 0.940. The molecule has 0 spiro atoms. The SMILES string of the molecule is COC(=O)/C=C(\C)N[C@H](C(=O)[O-])c1ccccc1.[K+]. The van der Waals surface area contributed by atoms with Crippen molar-refractivity contribution in [2.24, 2.45) is 0 Å². The third-order valence-corrected chi connectivity index (χ3v) is 2.28. The van der Waals surface area contributed by atoms with Crippen LogP contribution in [-0.2, 0) is 14.3 Å². The zero-order valence-electron chi connectivity index (χ0n) is 11.2. The van der Waals surface area contributed by atoms with Crippen LogP contribution in [0.2, 0.25) is 0 Å². The van der Waals surface area contributed by atoms with Crippen molar-refractivity contribution >= 4 is 11.9 Å². The van der Waals surface area contributed by atoms with Gasteiger partial charge in [0.25, 0.3) is 0 Å². The molecule has 19 heavy (non-hydrogen) atoms. The molecular formula is C13H14KNO4. The maximum absolute atomic E-state index is 11.1. The number of nitrogens with one attached hydrogen (secondary N) is 1. The minimum absolute atomic E-state index is 0. The molecule has 5 nitrogen and oxygen atoms in total. The number of rotatable bonds is 5. The van der Waals surface area contributed by atoms with E-state index in [2.05, 4.69) is 10.1 Å². The third kappa shape index (κ3) is 6.35. The van der Waals surface area contributed by atoms with Crippen LogP contribution < -0.4 is 61.8 Å². The van der Waals surface area contributed by atoms with Gasteiger partial charge < -0.3 is 20.0 Å². The molecule has 0 aliphatic heterocycles. The molecule has 1 atom stereocenters. The van der Waals surface area contributed by atoms with E-state index in [1.807, 2.05) is 0 Å². The molecule has 1 rings (SSSR count). The van der Waals surface area contributed by atoms with E-state index in [1.165, 1.54) is 13.2 Å². The summed E-state index contributed by atoms with van der Waals surface area (Å²) < 4.78 is 4.45. The van der Waals surface area contributed by atoms with Crippen LogP contribution in [0, 0.1) is 0 Å². The predicted octanol–water partition coefficient (Wildman–Crippen LogP) is -2.85.